The van der Waals surface area contributed by atoms with Crippen molar-refractivity contribution in [1.82, 2.24) is 9.80 Å². The predicted molar refractivity (Wildman–Crippen MR) is 60.2 cm³/mol. The maximum Gasteiger partial charge on any atom is 0.0109 e. The summed E-state index contributed by atoms with van der Waals surface area (Å²) in [5.74, 6) is 0. The van der Waals surface area contributed by atoms with Crippen molar-refractivity contribution < 1.29 is 0 Å². The Morgan fingerprint density at radius 1 is 1.00 bits per heavy atom. The van der Waals surface area contributed by atoms with Gasteiger partial charge in [0.2, 0.25) is 0 Å². The van der Waals surface area contributed by atoms with E-state index in [4.69, 9.17) is 0 Å². The molecule has 0 aromatic heterocycles. The van der Waals surface area contributed by atoms with Crippen LogP contribution in [0.2, 0.25) is 0 Å². The van der Waals surface area contributed by atoms with Gasteiger partial charge in [0.1, 0.15) is 0 Å². The van der Waals surface area contributed by atoms with Crippen LogP contribution in [0.25, 0.3) is 0 Å². The minimum Gasteiger partial charge on any atom is -0.308 e. The van der Waals surface area contributed by atoms with E-state index in [-0.39, 0.29) is 0 Å². The molecular formula is C11H26N2. The smallest absolute Gasteiger partial charge is 0.0109 e. The average molecular weight is 186 g/mol. The first kappa shape index (κ1) is 12.9. The molecule has 1 aliphatic carbocycles. The second-order valence-corrected chi connectivity index (χ2v) is 3.87. The van der Waals surface area contributed by atoms with Gasteiger partial charge in [0.15, 0.2) is 0 Å². The number of hydrogen-bond donors (Lipinski definition) is 0. The number of rotatable bonds is 4. The van der Waals surface area contributed by atoms with Gasteiger partial charge in [-0.3, -0.25) is 0 Å². The molecule has 0 radical (unpaired) electrons. The Morgan fingerprint density at radius 3 is 1.85 bits per heavy atom. The molecule has 0 unspecified atom stereocenters. The molecule has 0 bridgehead atoms. The van der Waals surface area contributed by atoms with Crippen molar-refractivity contribution in [1.29, 1.82) is 0 Å². The third-order valence-corrected chi connectivity index (χ3v) is 2.60. The van der Waals surface area contributed by atoms with Crippen LogP contribution in [0, 0.1) is 0 Å². The van der Waals surface area contributed by atoms with Crippen molar-refractivity contribution in [2.75, 3.05) is 34.2 Å². The van der Waals surface area contributed by atoms with E-state index in [0.717, 1.165) is 6.04 Å². The fourth-order valence-electron chi connectivity index (χ4n) is 1.37. The molecule has 1 saturated carbocycles. The number of hydrogen-bond acceptors (Lipinski definition) is 2. The topological polar surface area (TPSA) is 6.48 Å². The van der Waals surface area contributed by atoms with Gasteiger partial charge in [0.05, 0.1) is 0 Å². The Kier molecular flexibility index (Phi) is 7.29. The van der Waals surface area contributed by atoms with E-state index >= 15 is 0 Å². The van der Waals surface area contributed by atoms with Crippen molar-refractivity contribution in [2.24, 2.45) is 0 Å². The van der Waals surface area contributed by atoms with E-state index in [2.05, 4.69) is 30.9 Å². The van der Waals surface area contributed by atoms with E-state index in [9.17, 15) is 0 Å². The van der Waals surface area contributed by atoms with Crippen LogP contribution in [0.15, 0.2) is 0 Å². The molecule has 2 nitrogen and oxygen atoms in total. The van der Waals surface area contributed by atoms with Crippen molar-refractivity contribution in [2.45, 2.75) is 39.2 Å². The molecule has 0 aliphatic heterocycles. The summed E-state index contributed by atoms with van der Waals surface area (Å²) in [4.78, 5) is 4.73. The highest BCUT2D eigenvalue weighted by atomic mass is 15.2. The highest BCUT2D eigenvalue weighted by Crippen LogP contribution is 2.22. The zero-order chi connectivity index (χ0) is 10.3. The van der Waals surface area contributed by atoms with E-state index in [1.807, 2.05) is 13.8 Å². The molecule has 80 valence electrons. The van der Waals surface area contributed by atoms with E-state index in [0.29, 0.717) is 0 Å². The van der Waals surface area contributed by atoms with Crippen LogP contribution in [0.5, 0.6) is 0 Å². The quantitative estimate of drug-likeness (QED) is 0.663. The van der Waals surface area contributed by atoms with Gasteiger partial charge in [0, 0.05) is 19.1 Å². The normalized spacial score (nSPS) is 16.8. The summed E-state index contributed by atoms with van der Waals surface area (Å²) in [6, 6.07) is 0.898. The van der Waals surface area contributed by atoms with Crippen LogP contribution in [-0.2, 0) is 0 Å². The largest absolute Gasteiger partial charge is 0.308 e. The monoisotopic (exact) mass is 186 g/mol. The number of likely N-dealkylation sites (N-methyl/N-ethyl adjacent to an activating group) is 2. The van der Waals surface area contributed by atoms with Gasteiger partial charge in [0.25, 0.3) is 0 Å². The van der Waals surface area contributed by atoms with Crippen LogP contribution < -0.4 is 0 Å². The molecule has 1 aliphatic rings. The van der Waals surface area contributed by atoms with Crippen LogP contribution in [0.4, 0.5) is 0 Å². The zero-order valence-electron chi connectivity index (χ0n) is 10.0. The third-order valence-electron chi connectivity index (χ3n) is 2.60. The van der Waals surface area contributed by atoms with Gasteiger partial charge in [-0.25, -0.2) is 0 Å². The molecule has 0 aromatic rings. The fraction of sp³-hybridized carbons (Fsp3) is 1.00. The summed E-state index contributed by atoms with van der Waals surface area (Å²) in [5, 5.41) is 0. The van der Waals surface area contributed by atoms with Gasteiger partial charge >= 0.3 is 0 Å². The van der Waals surface area contributed by atoms with Gasteiger partial charge in [-0.1, -0.05) is 20.3 Å². The minimum absolute atomic E-state index is 0.898. The van der Waals surface area contributed by atoms with E-state index < -0.39 is 0 Å². The highest BCUT2D eigenvalue weighted by molar-refractivity contribution is 4.77. The first-order chi connectivity index (χ1) is 6.20. The van der Waals surface area contributed by atoms with Crippen molar-refractivity contribution in [3.8, 4) is 0 Å². The molecule has 0 saturated heterocycles. The lowest BCUT2D eigenvalue weighted by Crippen LogP contribution is -2.40. The summed E-state index contributed by atoms with van der Waals surface area (Å²) in [6.07, 6.45) is 4.28. The molecule has 0 spiro atoms. The fourth-order valence-corrected chi connectivity index (χ4v) is 1.37. The molecule has 2 heteroatoms. The molecule has 0 heterocycles. The highest BCUT2D eigenvalue weighted by Gasteiger charge is 2.21. The van der Waals surface area contributed by atoms with Gasteiger partial charge in [-0.15, -0.1) is 0 Å². The van der Waals surface area contributed by atoms with Crippen LogP contribution in [0.1, 0.15) is 33.1 Å². The Bertz CT molecular complexity index is 109. The summed E-state index contributed by atoms with van der Waals surface area (Å²) >= 11 is 0. The SMILES string of the molecule is CC.CN(C)CCN(C)C1CCC1. The van der Waals surface area contributed by atoms with E-state index in [1.165, 1.54) is 32.4 Å². The molecule has 0 N–H and O–H groups in total. The van der Waals surface area contributed by atoms with E-state index in [1.54, 1.807) is 0 Å². The van der Waals surface area contributed by atoms with Crippen molar-refractivity contribution >= 4 is 0 Å². The Hall–Kier alpha value is -0.0800. The summed E-state index contributed by atoms with van der Waals surface area (Å²) in [6.45, 7) is 6.41. The molecule has 13 heavy (non-hydrogen) atoms. The van der Waals surface area contributed by atoms with Crippen LogP contribution >= 0.6 is 0 Å². The number of nitrogens with zero attached hydrogens (tertiary/aromatic N) is 2. The van der Waals surface area contributed by atoms with Crippen molar-refractivity contribution in [3.05, 3.63) is 0 Å². The lowest BCUT2D eigenvalue weighted by atomic mass is 9.92. The summed E-state index contributed by atoms with van der Waals surface area (Å²) in [5.41, 5.74) is 0. The van der Waals surface area contributed by atoms with Gasteiger partial charge in [-0.2, -0.15) is 0 Å². The molecular weight excluding hydrogens is 160 g/mol. The standard InChI is InChI=1S/C9H20N2.C2H6/c1-10(2)7-8-11(3)9-5-4-6-9;1-2/h9H,4-8H2,1-3H3;1-2H3. The third kappa shape index (κ3) is 5.27. The molecule has 1 fully saturated rings. The average Bonchev–Trinajstić information content (AvgIpc) is 2.01. The maximum absolute atomic E-state index is 2.49. The Morgan fingerprint density at radius 2 is 1.54 bits per heavy atom. The van der Waals surface area contributed by atoms with Gasteiger partial charge in [-0.05, 0) is 34.0 Å². The summed E-state index contributed by atoms with van der Waals surface area (Å²) < 4.78 is 0. The molecule has 0 atom stereocenters. The summed E-state index contributed by atoms with van der Waals surface area (Å²) in [7, 11) is 6.51. The maximum atomic E-state index is 2.49. The molecule has 0 amide bonds. The second kappa shape index (κ2) is 7.34. The van der Waals surface area contributed by atoms with Gasteiger partial charge < -0.3 is 9.80 Å². The van der Waals surface area contributed by atoms with Crippen LogP contribution in [0.3, 0.4) is 0 Å². The molecule has 1 rings (SSSR count). The zero-order valence-corrected chi connectivity index (χ0v) is 10.0. The lowest BCUT2D eigenvalue weighted by molar-refractivity contribution is 0.148. The lowest BCUT2D eigenvalue weighted by Gasteiger charge is -2.35. The van der Waals surface area contributed by atoms with Crippen LogP contribution in [-0.4, -0.2) is 50.1 Å². The minimum atomic E-state index is 0.898. The first-order valence-corrected chi connectivity index (χ1v) is 5.55. The Labute approximate surface area is 83.9 Å². The Balaban J connectivity index is 0.000000671. The first-order valence-electron chi connectivity index (χ1n) is 5.55. The molecule has 0 aromatic carbocycles. The second-order valence-electron chi connectivity index (χ2n) is 3.87. The predicted octanol–water partition coefficient (Wildman–Crippen LogP) is 2.06. The van der Waals surface area contributed by atoms with Crippen molar-refractivity contribution in [3.63, 3.8) is 0 Å².